The average Bonchev–Trinajstić information content (AvgIpc) is 3.09. The van der Waals surface area contributed by atoms with Crippen LogP contribution in [0.4, 0.5) is 5.69 Å². The Labute approximate surface area is 142 Å². The minimum absolute atomic E-state index is 0.851. The lowest BCUT2D eigenvalue weighted by atomic mass is 10.2. The molecule has 0 saturated carbocycles. The summed E-state index contributed by atoms with van der Waals surface area (Å²) in [5, 5.41) is 11.2. The number of hydrogen-bond donors (Lipinski definition) is 2. The minimum atomic E-state index is 0.851. The molecule has 1 fully saturated rings. The van der Waals surface area contributed by atoms with Gasteiger partial charge in [0.25, 0.3) is 0 Å². The Balaban J connectivity index is 1.32. The minimum Gasteiger partial charge on any atom is -0.368 e. The van der Waals surface area contributed by atoms with Crippen molar-refractivity contribution in [2.24, 2.45) is 0 Å². The molecule has 2 N–H and O–H groups in total. The standard InChI is InChI=1S/C17H24ClN5/c18-16-4-1-2-5-17(16)23-12-10-22(11-13-23)9-3-7-19-14-15-6-8-20-21-15/h1-2,4-6,8,19H,3,7,9-14H2,(H,20,21). The fraction of sp³-hybridized carbons (Fsp3) is 0.471. The van der Waals surface area contributed by atoms with E-state index in [9.17, 15) is 0 Å². The highest BCUT2D eigenvalue weighted by Gasteiger charge is 2.18. The molecule has 2 aromatic rings. The van der Waals surface area contributed by atoms with E-state index in [2.05, 4.69) is 37.4 Å². The van der Waals surface area contributed by atoms with Gasteiger partial charge in [-0.3, -0.25) is 10.00 Å². The molecule has 1 aromatic heterocycles. The molecule has 23 heavy (non-hydrogen) atoms. The van der Waals surface area contributed by atoms with Crippen LogP contribution in [0.1, 0.15) is 12.1 Å². The largest absolute Gasteiger partial charge is 0.368 e. The molecule has 1 aliphatic rings. The van der Waals surface area contributed by atoms with Gasteiger partial charge in [-0.2, -0.15) is 5.10 Å². The van der Waals surface area contributed by atoms with Crippen molar-refractivity contribution in [3.63, 3.8) is 0 Å². The van der Waals surface area contributed by atoms with Crippen LogP contribution >= 0.6 is 11.6 Å². The van der Waals surface area contributed by atoms with Crippen LogP contribution in [-0.2, 0) is 6.54 Å². The van der Waals surface area contributed by atoms with Crippen LogP contribution in [-0.4, -0.2) is 54.4 Å². The van der Waals surface area contributed by atoms with E-state index in [4.69, 9.17) is 11.6 Å². The Morgan fingerprint density at radius 2 is 1.96 bits per heavy atom. The summed E-state index contributed by atoms with van der Waals surface area (Å²) in [5.74, 6) is 0. The first-order valence-corrected chi connectivity index (χ1v) is 8.61. The zero-order chi connectivity index (χ0) is 15.9. The third-order valence-electron chi connectivity index (χ3n) is 4.27. The van der Waals surface area contributed by atoms with Crippen LogP contribution in [0.3, 0.4) is 0 Å². The van der Waals surface area contributed by atoms with E-state index in [0.717, 1.165) is 62.2 Å². The van der Waals surface area contributed by atoms with Crippen molar-refractivity contribution < 1.29 is 0 Å². The number of piperazine rings is 1. The lowest BCUT2D eigenvalue weighted by Gasteiger charge is -2.36. The van der Waals surface area contributed by atoms with Crippen molar-refractivity contribution in [3.05, 3.63) is 47.2 Å². The zero-order valence-corrected chi connectivity index (χ0v) is 14.1. The Kier molecular flexibility index (Phi) is 5.91. The maximum atomic E-state index is 6.28. The van der Waals surface area contributed by atoms with Crippen LogP contribution in [0.2, 0.25) is 5.02 Å². The molecule has 6 heteroatoms. The van der Waals surface area contributed by atoms with Crippen molar-refractivity contribution >= 4 is 17.3 Å². The molecule has 0 aliphatic carbocycles. The SMILES string of the molecule is Clc1ccccc1N1CCN(CCCNCc2ccn[nH]2)CC1. The molecule has 5 nitrogen and oxygen atoms in total. The van der Waals surface area contributed by atoms with Gasteiger partial charge in [-0.25, -0.2) is 0 Å². The molecule has 0 spiro atoms. The summed E-state index contributed by atoms with van der Waals surface area (Å²) in [6.45, 7) is 7.34. The van der Waals surface area contributed by atoms with E-state index < -0.39 is 0 Å². The highest BCUT2D eigenvalue weighted by Crippen LogP contribution is 2.25. The second-order valence-electron chi connectivity index (χ2n) is 5.89. The summed E-state index contributed by atoms with van der Waals surface area (Å²) in [6.07, 6.45) is 2.95. The molecule has 1 saturated heterocycles. The molecular weight excluding hydrogens is 310 g/mol. The molecule has 0 radical (unpaired) electrons. The van der Waals surface area contributed by atoms with Crippen LogP contribution in [0, 0.1) is 0 Å². The quantitative estimate of drug-likeness (QED) is 0.764. The summed E-state index contributed by atoms with van der Waals surface area (Å²) in [4.78, 5) is 4.92. The van der Waals surface area contributed by atoms with Gasteiger partial charge >= 0.3 is 0 Å². The van der Waals surface area contributed by atoms with Gasteiger partial charge in [0.2, 0.25) is 0 Å². The Morgan fingerprint density at radius 3 is 2.70 bits per heavy atom. The fourth-order valence-corrected chi connectivity index (χ4v) is 3.21. The number of hydrogen-bond acceptors (Lipinski definition) is 4. The highest BCUT2D eigenvalue weighted by atomic mass is 35.5. The van der Waals surface area contributed by atoms with Gasteiger partial charge in [0, 0.05) is 44.6 Å². The number of aromatic nitrogens is 2. The Bertz CT molecular complexity index is 578. The van der Waals surface area contributed by atoms with Gasteiger partial charge in [0.1, 0.15) is 0 Å². The van der Waals surface area contributed by atoms with Gasteiger partial charge in [-0.1, -0.05) is 23.7 Å². The molecule has 2 heterocycles. The summed E-state index contributed by atoms with van der Waals surface area (Å²) in [6, 6.07) is 10.1. The van der Waals surface area contributed by atoms with E-state index in [-0.39, 0.29) is 0 Å². The number of H-pyrrole nitrogens is 1. The summed E-state index contributed by atoms with van der Waals surface area (Å²) in [7, 11) is 0. The summed E-state index contributed by atoms with van der Waals surface area (Å²) < 4.78 is 0. The third kappa shape index (κ3) is 4.70. The predicted octanol–water partition coefficient (Wildman–Crippen LogP) is 2.36. The van der Waals surface area contributed by atoms with Crippen LogP contribution < -0.4 is 10.2 Å². The predicted molar refractivity (Wildman–Crippen MR) is 95.0 cm³/mol. The van der Waals surface area contributed by atoms with Crippen molar-refractivity contribution in [1.82, 2.24) is 20.4 Å². The molecule has 1 aromatic carbocycles. The molecule has 124 valence electrons. The van der Waals surface area contributed by atoms with Crippen molar-refractivity contribution in [2.75, 3.05) is 44.2 Å². The molecule has 0 bridgehead atoms. The molecule has 3 rings (SSSR count). The van der Waals surface area contributed by atoms with Crippen molar-refractivity contribution in [2.45, 2.75) is 13.0 Å². The second kappa shape index (κ2) is 8.34. The average molecular weight is 334 g/mol. The Morgan fingerprint density at radius 1 is 1.13 bits per heavy atom. The monoisotopic (exact) mass is 333 g/mol. The normalized spacial score (nSPS) is 16.0. The van der Waals surface area contributed by atoms with E-state index in [1.54, 1.807) is 6.20 Å². The lowest BCUT2D eigenvalue weighted by molar-refractivity contribution is 0.254. The Hall–Kier alpha value is -1.56. The number of nitrogens with one attached hydrogen (secondary N) is 2. The smallest absolute Gasteiger partial charge is 0.0639 e. The van der Waals surface area contributed by atoms with E-state index in [1.807, 2.05) is 18.2 Å². The molecule has 1 aliphatic heterocycles. The third-order valence-corrected chi connectivity index (χ3v) is 4.59. The highest BCUT2D eigenvalue weighted by molar-refractivity contribution is 6.33. The number of anilines is 1. The second-order valence-corrected chi connectivity index (χ2v) is 6.30. The van der Waals surface area contributed by atoms with Crippen LogP contribution in [0.25, 0.3) is 0 Å². The fourth-order valence-electron chi connectivity index (χ4n) is 2.95. The number of para-hydroxylation sites is 1. The number of rotatable bonds is 7. The number of halogens is 1. The first-order valence-electron chi connectivity index (χ1n) is 8.24. The molecule has 0 amide bonds. The first kappa shape index (κ1) is 16.3. The van der Waals surface area contributed by atoms with E-state index >= 15 is 0 Å². The number of aromatic amines is 1. The summed E-state index contributed by atoms with van der Waals surface area (Å²) in [5.41, 5.74) is 2.30. The summed E-state index contributed by atoms with van der Waals surface area (Å²) >= 11 is 6.28. The first-order chi connectivity index (χ1) is 11.3. The van der Waals surface area contributed by atoms with Gasteiger partial charge in [0.05, 0.1) is 10.7 Å². The van der Waals surface area contributed by atoms with Crippen LogP contribution in [0.15, 0.2) is 36.5 Å². The maximum Gasteiger partial charge on any atom is 0.0639 e. The van der Waals surface area contributed by atoms with Crippen LogP contribution in [0.5, 0.6) is 0 Å². The number of nitrogens with zero attached hydrogens (tertiary/aromatic N) is 3. The van der Waals surface area contributed by atoms with Gasteiger partial charge in [-0.05, 0) is 37.7 Å². The van der Waals surface area contributed by atoms with Crippen molar-refractivity contribution in [1.29, 1.82) is 0 Å². The number of benzene rings is 1. The maximum absolute atomic E-state index is 6.28. The zero-order valence-electron chi connectivity index (χ0n) is 13.3. The van der Waals surface area contributed by atoms with E-state index in [0.29, 0.717) is 0 Å². The van der Waals surface area contributed by atoms with Crippen molar-refractivity contribution in [3.8, 4) is 0 Å². The van der Waals surface area contributed by atoms with Gasteiger partial charge in [-0.15, -0.1) is 0 Å². The van der Waals surface area contributed by atoms with Gasteiger partial charge < -0.3 is 10.2 Å². The van der Waals surface area contributed by atoms with Gasteiger partial charge in [0.15, 0.2) is 0 Å². The van der Waals surface area contributed by atoms with E-state index in [1.165, 1.54) is 6.42 Å². The molecule has 0 unspecified atom stereocenters. The molecule has 0 atom stereocenters. The topological polar surface area (TPSA) is 47.2 Å². The molecular formula is C17H24ClN5. The lowest BCUT2D eigenvalue weighted by Crippen LogP contribution is -2.47.